The molecular weight excluding hydrogens is 222 g/mol. The topological polar surface area (TPSA) is 61.8 Å². The van der Waals surface area contributed by atoms with Crippen LogP contribution in [0.25, 0.3) is 0 Å². The van der Waals surface area contributed by atoms with Gasteiger partial charge in [-0.25, -0.2) is 0 Å². The molecule has 3 nitrogen and oxygen atoms in total. The van der Waals surface area contributed by atoms with Gasteiger partial charge in [0, 0.05) is 6.54 Å². The molecule has 1 aromatic rings. The van der Waals surface area contributed by atoms with Crippen molar-refractivity contribution in [3.05, 3.63) is 23.8 Å². The third kappa shape index (κ3) is 3.40. The first-order chi connectivity index (χ1) is 8.79. The molecule has 0 spiro atoms. The Labute approximate surface area is 109 Å². The molecule has 18 heavy (non-hydrogen) atoms. The van der Waals surface area contributed by atoms with E-state index in [4.69, 9.17) is 11.0 Å². The molecule has 0 saturated heterocycles. The molecule has 1 aliphatic rings. The normalized spacial score (nSPS) is 16.2. The van der Waals surface area contributed by atoms with Crippen LogP contribution < -0.4 is 11.1 Å². The van der Waals surface area contributed by atoms with Crippen molar-refractivity contribution in [1.29, 1.82) is 5.26 Å². The van der Waals surface area contributed by atoms with Gasteiger partial charge in [0.2, 0.25) is 0 Å². The number of benzene rings is 1. The summed E-state index contributed by atoms with van der Waals surface area (Å²) in [4.78, 5) is 0. The third-order valence-corrected chi connectivity index (χ3v) is 3.78. The van der Waals surface area contributed by atoms with E-state index in [0.717, 1.165) is 23.8 Å². The van der Waals surface area contributed by atoms with Gasteiger partial charge in [-0.15, -0.1) is 0 Å². The van der Waals surface area contributed by atoms with Crippen molar-refractivity contribution >= 4 is 11.4 Å². The number of nitrogens with zero attached hydrogens (tertiary/aromatic N) is 1. The minimum absolute atomic E-state index is 0.657. The van der Waals surface area contributed by atoms with Gasteiger partial charge in [0.15, 0.2) is 0 Å². The highest BCUT2D eigenvalue weighted by Crippen LogP contribution is 2.26. The van der Waals surface area contributed by atoms with Crippen molar-refractivity contribution in [1.82, 2.24) is 0 Å². The standard InChI is InChI=1S/C15H21N3/c16-11-13-6-7-14(17)15(10-13)18-9-8-12-4-2-1-3-5-12/h6-7,10,12,18H,1-5,8-9,17H2. The van der Waals surface area contributed by atoms with Crippen LogP contribution in [-0.2, 0) is 0 Å². The highest BCUT2D eigenvalue weighted by atomic mass is 14.9. The molecule has 3 N–H and O–H groups in total. The van der Waals surface area contributed by atoms with E-state index < -0.39 is 0 Å². The van der Waals surface area contributed by atoms with Gasteiger partial charge in [-0.05, 0) is 30.5 Å². The number of nitrogens with two attached hydrogens (primary N) is 1. The number of rotatable bonds is 4. The second kappa shape index (κ2) is 6.30. The van der Waals surface area contributed by atoms with Crippen LogP contribution in [0.3, 0.4) is 0 Å². The molecule has 0 aromatic heterocycles. The van der Waals surface area contributed by atoms with E-state index in [0.29, 0.717) is 5.56 Å². The summed E-state index contributed by atoms with van der Waals surface area (Å²) in [7, 11) is 0. The largest absolute Gasteiger partial charge is 0.397 e. The fourth-order valence-corrected chi connectivity index (χ4v) is 2.67. The molecule has 0 bridgehead atoms. The second-order valence-corrected chi connectivity index (χ2v) is 5.13. The van der Waals surface area contributed by atoms with Crippen LogP contribution in [0.2, 0.25) is 0 Å². The number of nitrogens with one attached hydrogen (secondary N) is 1. The van der Waals surface area contributed by atoms with E-state index in [1.165, 1.54) is 38.5 Å². The van der Waals surface area contributed by atoms with Crippen molar-refractivity contribution in [2.24, 2.45) is 5.92 Å². The van der Waals surface area contributed by atoms with E-state index in [1.807, 2.05) is 6.07 Å². The summed E-state index contributed by atoms with van der Waals surface area (Å²) in [5.41, 5.74) is 8.16. The molecule has 3 heteroatoms. The average Bonchev–Trinajstić information content (AvgIpc) is 2.42. The van der Waals surface area contributed by atoms with Gasteiger partial charge in [0.1, 0.15) is 0 Å². The SMILES string of the molecule is N#Cc1ccc(N)c(NCCC2CCCCC2)c1. The van der Waals surface area contributed by atoms with E-state index in [9.17, 15) is 0 Å². The summed E-state index contributed by atoms with van der Waals surface area (Å²) in [5, 5.41) is 12.2. The minimum atomic E-state index is 0.657. The molecule has 0 heterocycles. The molecule has 0 aliphatic heterocycles. The van der Waals surface area contributed by atoms with Crippen LogP contribution >= 0.6 is 0 Å². The van der Waals surface area contributed by atoms with Crippen molar-refractivity contribution in [3.8, 4) is 6.07 Å². The first kappa shape index (κ1) is 12.8. The summed E-state index contributed by atoms with van der Waals surface area (Å²) in [6, 6.07) is 7.51. The van der Waals surface area contributed by atoms with Crippen LogP contribution in [0.5, 0.6) is 0 Å². The molecule has 2 rings (SSSR count). The van der Waals surface area contributed by atoms with E-state index in [-0.39, 0.29) is 0 Å². The average molecular weight is 243 g/mol. The van der Waals surface area contributed by atoms with Crippen LogP contribution in [0, 0.1) is 17.2 Å². The Morgan fingerprint density at radius 2 is 2.06 bits per heavy atom. The summed E-state index contributed by atoms with van der Waals surface area (Å²) < 4.78 is 0. The van der Waals surface area contributed by atoms with Gasteiger partial charge in [-0.1, -0.05) is 32.1 Å². The smallest absolute Gasteiger partial charge is 0.0992 e. The maximum absolute atomic E-state index is 8.86. The van der Waals surface area contributed by atoms with Crippen molar-refractivity contribution in [2.45, 2.75) is 38.5 Å². The summed E-state index contributed by atoms with van der Waals surface area (Å²) >= 11 is 0. The fourth-order valence-electron chi connectivity index (χ4n) is 2.67. The summed E-state index contributed by atoms with van der Waals surface area (Å²) in [5.74, 6) is 0.867. The number of nitriles is 1. The second-order valence-electron chi connectivity index (χ2n) is 5.13. The molecule has 96 valence electrons. The van der Waals surface area contributed by atoms with Crippen LogP contribution in [-0.4, -0.2) is 6.54 Å². The van der Waals surface area contributed by atoms with Crippen LogP contribution in [0.1, 0.15) is 44.1 Å². The molecule has 0 atom stereocenters. The lowest BCUT2D eigenvalue weighted by Gasteiger charge is -2.21. The van der Waals surface area contributed by atoms with E-state index >= 15 is 0 Å². The first-order valence-electron chi connectivity index (χ1n) is 6.83. The lowest BCUT2D eigenvalue weighted by Crippen LogP contribution is -2.12. The van der Waals surface area contributed by atoms with E-state index in [2.05, 4.69) is 11.4 Å². The van der Waals surface area contributed by atoms with Gasteiger partial charge in [-0.2, -0.15) is 5.26 Å². The molecule has 0 amide bonds. The summed E-state index contributed by atoms with van der Waals surface area (Å²) in [6.45, 7) is 0.948. The lowest BCUT2D eigenvalue weighted by molar-refractivity contribution is 0.345. The Balaban J connectivity index is 1.84. The number of hydrogen-bond donors (Lipinski definition) is 2. The Hall–Kier alpha value is -1.69. The third-order valence-electron chi connectivity index (χ3n) is 3.78. The van der Waals surface area contributed by atoms with Gasteiger partial charge in [0.05, 0.1) is 23.0 Å². The van der Waals surface area contributed by atoms with Gasteiger partial charge in [-0.3, -0.25) is 0 Å². The maximum atomic E-state index is 8.86. The van der Waals surface area contributed by atoms with Crippen molar-refractivity contribution < 1.29 is 0 Å². The van der Waals surface area contributed by atoms with Crippen LogP contribution in [0.4, 0.5) is 11.4 Å². The zero-order valence-corrected chi connectivity index (χ0v) is 10.8. The lowest BCUT2D eigenvalue weighted by atomic mass is 9.87. The van der Waals surface area contributed by atoms with E-state index in [1.54, 1.807) is 12.1 Å². The molecule has 1 saturated carbocycles. The predicted molar refractivity (Wildman–Crippen MR) is 75.3 cm³/mol. The molecule has 1 aromatic carbocycles. The molecule has 1 aliphatic carbocycles. The van der Waals surface area contributed by atoms with Crippen molar-refractivity contribution in [3.63, 3.8) is 0 Å². The summed E-state index contributed by atoms with van der Waals surface area (Å²) in [6.07, 6.45) is 8.12. The molecule has 1 fully saturated rings. The maximum Gasteiger partial charge on any atom is 0.0992 e. The number of anilines is 2. The number of nitrogen functional groups attached to an aromatic ring is 1. The van der Waals surface area contributed by atoms with Gasteiger partial charge in [0.25, 0.3) is 0 Å². The van der Waals surface area contributed by atoms with Gasteiger partial charge >= 0.3 is 0 Å². The fraction of sp³-hybridized carbons (Fsp3) is 0.533. The Bertz CT molecular complexity index is 428. The number of hydrogen-bond acceptors (Lipinski definition) is 3. The first-order valence-corrected chi connectivity index (χ1v) is 6.83. The molecular formula is C15H21N3. The minimum Gasteiger partial charge on any atom is -0.397 e. The Morgan fingerprint density at radius 1 is 1.28 bits per heavy atom. The molecule has 0 radical (unpaired) electrons. The van der Waals surface area contributed by atoms with Gasteiger partial charge < -0.3 is 11.1 Å². The Kier molecular flexibility index (Phi) is 4.46. The Morgan fingerprint density at radius 3 is 2.78 bits per heavy atom. The zero-order chi connectivity index (χ0) is 12.8. The van der Waals surface area contributed by atoms with Crippen LogP contribution in [0.15, 0.2) is 18.2 Å². The monoisotopic (exact) mass is 243 g/mol. The van der Waals surface area contributed by atoms with Crippen molar-refractivity contribution in [2.75, 3.05) is 17.6 Å². The highest BCUT2D eigenvalue weighted by Gasteiger charge is 2.12. The highest BCUT2D eigenvalue weighted by molar-refractivity contribution is 5.68. The molecule has 0 unspecified atom stereocenters. The quantitative estimate of drug-likeness (QED) is 0.795. The zero-order valence-electron chi connectivity index (χ0n) is 10.8. The predicted octanol–water partition coefficient (Wildman–Crippen LogP) is 3.52.